The van der Waals surface area contributed by atoms with E-state index in [1.165, 1.54) is 13.3 Å². The van der Waals surface area contributed by atoms with Gasteiger partial charge in [-0.1, -0.05) is 24.3 Å². The molecule has 0 saturated carbocycles. The van der Waals surface area contributed by atoms with E-state index in [0.29, 0.717) is 19.5 Å². The number of hydrogen-bond acceptors (Lipinski definition) is 4. The first-order valence-electron chi connectivity index (χ1n) is 7.42. The molecule has 6 nitrogen and oxygen atoms in total. The van der Waals surface area contributed by atoms with Crippen molar-refractivity contribution in [2.45, 2.75) is 19.1 Å². The van der Waals surface area contributed by atoms with Crippen LogP contribution in [0.3, 0.4) is 0 Å². The fourth-order valence-corrected chi connectivity index (χ4v) is 2.89. The third-order valence-electron chi connectivity index (χ3n) is 4.09. The normalized spacial score (nSPS) is 17.3. The van der Waals surface area contributed by atoms with Gasteiger partial charge in [0.2, 0.25) is 0 Å². The molecular formula is C17H18N2O4. The van der Waals surface area contributed by atoms with Crippen molar-refractivity contribution < 1.29 is 14.6 Å². The first kappa shape index (κ1) is 15.3. The van der Waals surface area contributed by atoms with Gasteiger partial charge in [0.05, 0.1) is 13.2 Å². The monoisotopic (exact) mass is 314 g/mol. The molecule has 0 spiro atoms. The Labute approximate surface area is 133 Å². The Hall–Kier alpha value is -2.60. The average molecular weight is 314 g/mol. The quantitative estimate of drug-likeness (QED) is 0.879. The maximum atomic E-state index is 12.8. The molecule has 2 N–H and O–H groups in total. The molecule has 6 heteroatoms. The molecular weight excluding hydrogens is 296 g/mol. The predicted octanol–water partition coefficient (Wildman–Crippen LogP) is 1.46. The SMILES string of the molecule is COc1cc[nH]c(=O)c1C(=O)N1CCC(O)c2ccccc2C1. The number of rotatable bonds is 2. The summed E-state index contributed by atoms with van der Waals surface area (Å²) in [5.41, 5.74) is 1.23. The van der Waals surface area contributed by atoms with E-state index in [9.17, 15) is 14.7 Å². The van der Waals surface area contributed by atoms with Gasteiger partial charge >= 0.3 is 0 Å². The molecule has 0 radical (unpaired) electrons. The number of aliphatic hydroxyl groups is 1. The molecule has 1 amide bonds. The number of nitrogens with zero attached hydrogens (tertiary/aromatic N) is 1. The number of carbonyl (C=O) groups is 1. The second kappa shape index (κ2) is 6.26. The van der Waals surface area contributed by atoms with Crippen LogP contribution in [0.4, 0.5) is 0 Å². The summed E-state index contributed by atoms with van der Waals surface area (Å²) in [5, 5.41) is 10.2. The molecule has 1 aromatic heterocycles. The van der Waals surface area contributed by atoms with E-state index in [4.69, 9.17) is 4.74 Å². The third kappa shape index (κ3) is 2.85. The standard InChI is InChI=1S/C17H18N2O4/c1-23-14-6-8-18-16(21)15(14)17(22)19-9-7-13(20)12-5-3-2-4-11(12)10-19/h2-6,8,13,20H,7,9-10H2,1H3,(H,18,21). The zero-order valence-electron chi connectivity index (χ0n) is 12.8. The molecule has 3 rings (SSSR count). The number of nitrogens with one attached hydrogen (secondary N) is 1. The fraction of sp³-hybridized carbons (Fsp3) is 0.294. The lowest BCUT2D eigenvalue weighted by Gasteiger charge is -2.21. The summed E-state index contributed by atoms with van der Waals surface area (Å²) < 4.78 is 5.14. The van der Waals surface area contributed by atoms with Crippen LogP contribution in [0.1, 0.15) is 34.0 Å². The Morgan fingerprint density at radius 3 is 2.91 bits per heavy atom. The van der Waals surface area contributed by atoms with Gasteiger partial charge in [-0.05, 0) is 23.6 Å². The fourth-order valence-electron chi connectivity index (χ4n) is 2.89. The summed E-state index contributed by atoms with van der Waals surface area (Å²) in [6, 6.07) is 9.04. The van der Waals surface area contributed by atoms with Crippen LogP contribution in [0, 0.1) is 0 Å². The van der Waals surface area contributed by atoms with Crippen molar-refractivity contribution in [1.82, 2.24) is 9.88 Å². The number of benzene rings is 1. The zero-order valence-corrected chi connectivity index (χ0v) is 12.8. The van der Waals surface area contributed by atoms with Crippen molar-refractivity contribution in [3.63, 3.8) is 0 Å². The molecule has 0 aliphatic carbocycles. The van der Waals surface area contributed by atoms with Crippen molar-refractivity contribution in [3.8, 4) is 5.75 Å². The second-order valence-electron chi connectivity index (χ2n) is 5.48. The molecule has 23 heavy (non-hydrogen) atoms. The van der Waals surface area contributed by atoms with Gasteiger partial charge in [0.1, 0.15) is 11.3 Å². The van der Waals surface area contributed by atoms with Crippen molar-refractivity contribution in [2.24, 2.45) is 0 Å². The highest BCUT2D eigenvalue weighted by atomic mass is 16.5. The number of aromatic nitrogens is 1. The average Bonchev–Trinajstić information content (AvgIpc) is 2.73. The molecule has 120 valence electrons. The van der Waals surface area contributed by atoms with Crippen molar-refractivity contribution >= 4 is 5.91 Å². The molecule has 1 aliphatic rings. The van der Waals surface area contributed by atoms with Gasteiger partial charge in [0, 0.05) is 19.3 Å². The van der Waals surface area contributed by atoms with E-state index in [0.717, 1.165) is 11.1 Å². The summed E-state index contributed by atoms with van der Waals surface area (Å²) in [6.45, 7) is 0.718. The highest BCUT2D eigenvalue weighted by Crippen LogP contribution is 2.27. The number of methoxy groups -OCH3 is 1. The summed E-state index contributed by atoms with van der Waals surface area (Å²) in [7, 11) is 1.42. The van der Waals surface area contributed by atoms with Gasteiger partial charge in [-0.2, -0.15) is 0 Å². The van der Waals surface area contributed by atoms with Crippen LogP contribution in [0.15, 0.2) is 41.3 Å². The maximum absolute atomic E-state index is 12.8. The van der Waals surface area contributed by atoms with E-state index >= 15 is 0 Å². The highest BCUT2D eigenvalue weighted by Gasteiger charge is 2.27. The first-order chi connectivity index (χ1) is 11.1. The Balaban J connectivity index is 1.97. The summed E-state index contributed by atoms with van der Waals surface area (Å²) in [6.07, 6.45) is 1.26. The van der Waals surface area contributed by atoms with E-state index in [1.807, 2.05) is 24.3 Å². The number of aliphatic hydroxyl groups excluding tert-OH is 1. The smallest absolute Gasteiger partial charge is 0.264 e. The number of H-pyrrole nitrogens is 1. The van der Waals surface area contributed by atoms with Crippen LogP contribution in [0.25, 0.3) is 0 Å². The topological polar surface area (TPSA) is 82.6 Å². The molecule has 2 aromatic rings. The number of carbonyl (C=O) groups excluding carboxylic acids is 1. The van der Waals surface area contributed by atoms with Gasteiger partial charge in [0.15, 0.2) is 0 Å². The molecule has 1 unspecified atom stereocenters. The largest absolute Gasteiger partial charge is 0.496 e. The summed E-state index contributed by atoms with van der Waals surface area (Å²) in [4.78, 5) is 28.9. The molecule has 1 aliphatic heterocycles. The van der Waals surface area contributed by atoms with Gasteiger partial charge in [-0.3, -0.25) is 9.59 Å². The summed E-state index contributed by atoms with van der Waals surface area (Å²) in [5.74, 6) is -0.149. The van der Waals surface area contributed by atoms with Crippen LogP contribution in [0.5, 0.6) is 5.75 Å². The zero-order chi connectivity index (χ0) is 16.4. The van der Waals surface area contributed by atoms with Crippen LogP contribution in [-0.4, -0.2) is 34.6 Å². The van der Waals surface area contributed by atoms with Gasteiger partial charge < -0.3 is 19.7 Å². The lowest BCUT2D eigenvalue weighted by atomic mass is 10.0. The number of hydrogen-bond donors (Lipinski definition) is 2. The molecule has 0 bridgehead atoms. The van der Waals surface area contributed by atoms with E-state index in [-0.39, 0.29) is 11.3 Å². The molecule has 0 saturated heterocycles. The third-order valence-corrected chi connectivity index (χ3v) is 4.09. The Kier molecular flexibility index (Phi) is 4.16. The van der Waals surface area contributed by atoms with Crippen LogP contribution >= 0.6 is 0 Å². The van der Waals surface area contributed by atoms with E-state index in [1.54, 1.807) is 11.0 Å². The van der Waals surface area contributed by atoms with E-state index in [2.05, 4.69) is 4.98 Å². The summed E-state index contributed by atoms with van der Waals surface area (Å²) >= 11 is 0. The first-order valence-corrected chi connectivity index (χ1v) is 7.42. The number of pyridine rings is 1. The van der Waals surface area contributed by atoms with Gasteiger partial charge in [-0.25, -0.2) is 0 Å². The predicted molar refractivity (Wildman–Crippen MR) is 84.4 cm³/mol. The van der Waals surface area contributed by atoms with Crippen molar-refractivity contribution in [1.29, 1.82) is 0 Å². The second-order valence-corrected chi connectivity index (χ2v) is 5.48. The van der Waals surface area contributed by atoms with Crippen LogP contribution in [0.2, 0.25) is 0 Å². The number of ether oxygens (including phenoxy) is 1. The minimum Gasteiger partial charge on any atom is -0.496 e. The lowest BCUT2D eigenvalue weighted by Crippen LogP contribution is -2.35. The molecule has 1 atom stereocenters. The van der Waals surface area contributed by atoms with E-state index < -0.39 is 17.6 Å². The van der Waals surface area contributed by atoms with Crippen molar-refractivity contribution in [3.05, 3.63) is 63.6 Å². The number of amides is 1. The number of fused-ring (bicyclic) bond motifs is 1. The Bertz CT molecular complexity index is 784. The maximum Gasteiger partial charge on any atom is 0.264 e. The molecule has 1 aromatic carbocycles. The molecule has 2 heterocycles. The number of aromatic amines is 1. The van der Waals surface area contributed by atoms with Crippen LogP contribution in [-0.2, 0) is 6.54 Å². The molecule has 0 fully saturated rings. The minimum atomic E-state index is -0.611. The Morgan fingerprint density at radius 2 is 2.13 bits per heavy atom. The van der Waals surface area contributed by atoms with Gasteiger partial charge in [0.25, 0.3) is 11.5 Å². The van der Waals surface area contributed by atoms with Crippen molar-refractivity contribution in [2.75, 3.05) is 13.7 Å². The van der Waals surface area contributed by atoms with Crippen LogP contribution < -0.4 is 10.3 Å². The Morgan fingerprint density at radius 1 is 1.35 bits per heavy atom. The van der Waals surface area contributed by atoms with Gasteiger partial charge in [-0.15, -0.1) is 0 Å². The lowest BCUT2D eigenvalue weighted by molar-refractivity contribution is 0.0717. The minimum absolute atomic E-state index is 0.0103. The highest BCUT2D eigenvalue weighted by molar-refractivity contribution is 5.96.